The van der Waals surface area contributed by atoms with Gasteiger partial charge in [0.25, 0.3) is 0 Å². The van der Waals surface area contributed by atoms with Crippen LogP contribution in [0, 0.1) is 11.3 Å². The highest BCUT2D eigenvalue weighted by Gasteiger charge is 1.97. The van der Waals surface area contributed by atoms with Gasteiger partial charge in [-0.1, -0.05) is 6.07 Å². The van der Waals surface area contributed by atoms with Crippen molar-refractivity contribution < 1.29 is 13.9 Å². The molecule has 0 saturated heterocycles. The molecule has 0 bridgehead atoms. The Morgan fingerprint density at radius 3 is 2.89 bits per heavy atom. The Labute approximate surface area is 112 Å². The van der Waals surface area contributed by atoms with Crippen molar-refractivity contribution in [1.29, 1.82) is 5.26 Å². The van der Waals surface area contributed by atoms with Gasteiger partial charge in [0.15, 0.2) is 0 Å². The minimum absolute atomic E-state index is 0.483. The van der Waals surface area contributed by atoms with Gasteiger partial charge in [0, 0.05) is 6.42 Å². The summed E-state index contributed by atoms with van der Waals surface area (Å²) in [6, 6.07) is 12.9. The Morgan fingerprint density at radius 2 is 2.11 bits per heavy atom. The topological polar surface area (TPSA) is 55.4 Å². The van der Waals surface area contributed by atoms with E-state index in [0.29, 0.717) is 31.1 Å². The number of hydrogen-bond acceptors (Lipinski definition) is 4. The number of ether oxygens (including phenoxy) is 2. The smallest absolute Gasteiger partial charge is 0.129 e. The fourth-order valence-corrected chi connectivity index (χ4v) is 1.57. The summed E-state index contributed by atoms with van der Waals surface area (Å²) in [7, 11) is 0. The maximum atomic E-state index is 8.76. The lowest BCUT2D eigenvalue weighted by molar-refractivity contribution is 0.0944. The van der Waals surface area contributed by atoms with Gasteiger partial charge in [-0.05, 0) is 30.3 Å². The highest BCUT2D eigenvalue weighted by atomic mass is 16.5. The minimum Gasteiger partial charge on any atom is -0.493 e. The van der Waals surface area contributed by atoms with Crippen molar-refractivity contribution in [3.05, 3.63) is 54.0 Å². The van der Waals surface area contributed by atoms with E-state index in [-0.39, 0.29) is 0 Å². The third-order valence-electron chi connectivity index (χ3n) is 2.49. The van der Waals surface area contributed by atoms with E-state index in [2.05, 4.69) is 6.07 Å². The van der Waals surface area contributed by atoms with Crippen molar-refractivity contribution in [3.8, 4) is 11.8 Å². The fourth-order valence-electron chi connectivity index (χ4n) is 1.57. The first-order valence-corrected chi connectivity index (χ1v) is 6.11. The molecule has 0 aliphatic carbocycles. The van der Waals surface area contributed by atoms with Crippen LogP contribution in [0.5, 0.6) is 5.75 Å². The quantitative estimate of drug-likeness (QED) is 0.715. The molecule has 0 radical (unpaired) electrons. The van der Waals surface area contributed by atoms with Crippen LogP contribution in [0.25, 0.3) is 0 Å². The summed E-state index contributed by atoms with van der Waals surface area (Å²) in [6.45, 7) is 1.66. The van der Waals surface area contributed by atoms with Crippen LogP contribution >= 0.6 is 0 Å². The molecule has 4 nitrogen and oxygen atoms in total. The van der Waals surface area contributed by atoms with E-state index in [0.717, 1.165) is 12.2 Å². The van der Waals surface area contributed by atoms with Crippen molar-refractivity contribution in [2.24, 2.45) is 0 Å². The lowest BCUT2D eigenvalue weighted by Gasteiger charge is -2.06. The molecule has 0 amide bonds. The Balaban J connectivity index is 1.60. The maximum absolute atomic E-state index is 8.76. The van der Waals surface area contributed by atoms with Crippen molar-refractivity contribution in [2.45, 2.75) is 13.0 Å². The van der Waals surface area contributed by atoms with Gasteiger partial charge in [-0.15, -0.1) is 0 Å². The van der Waals surface area contributed by atoms with Crippen LogP contribution in [0.4, 0.5) is 0 Å². The molecule has 1 heterocycles. The zero-order valence-electron chi connectivity index (χ0n) is 10.5. The zero-order valence-corrected chi connectivity index (χ0v) is 10.5. The Hall–Kier alpha value is -2.25. The van der Waals surface area contributed by atoms with Gasteiger partial charge in [-0.3, -0.25) is 0 Å². The molecule has 1 aromatic heterocycles. The second-order valence-corrected chi connectivity index (χ2v) is 3.97. The van der Waals surface area contributed by atoms with Crippen LogP contribution in [-0.2, 0) is 11.3 Å². The molecule has 2 aromatic rings. The summed E-state index contributed by atoms with van der Waals surface area (Å²) in [5, 5.41) is 8.76. The van der Waals surface area contributed by atoms with Crippen molar-refractivity contribution in [3.63, 3.8) is 0 Å². The largest absolute Gasteiger partial charge is 0.493 e. The van der Waals surface area contributed by atoms with Crippen molar-refractivity contribution in [1.82, 2.24) is 0 Å². The third-order valence-corrected chi connectivity index (χ3v) is 2.49. The molecular weight excluding hydrogens is 242 g/mol. The number of benzene rings is 1. The first-order valence-electron chi connectivity index (χ1n) is 6.11. The van der Waals surface area contributed by atoms with Crippen LogP contribution in [0.3, 0.4) is 0 Å². The zero-order chi connectivity index (χ0) is 13.3. The average Bonchev–Trinajstić information content (AvgIpc) is 2.96. The normalized spacial score (nSPS) is 10.1. The fraction of sp³-hybridized carbons (Fsp3) is 0.267. The summed E-state index contributed by atoms with van der Waals surface area (Å²) in [6.07, 6.45) is 2.42. The van der Waals surface area contributed by atoms with Crippen LogP contribution in [-0.4, -0.2) is 13.2 Å². The molecule has 1 aromatic carbocycles. The number of nitrogens with zero attached hydrogens (tertiary/aromatic N) is 1. The third kappa shape index (κ3) is 4.49. The first-order chi connectivity index (χ1) is 9.38. The van der Waals surface area contributed by atoms with Gasteiger partial charge in [0.05, 0.1) is 31.1 Å². The molecule has 0 saturated carbocycles. The lowest BCUT2D eigenvalue weighted by Crippen LogP contribution is -2.03. The number of nitriles is 1. The summed E-state index contributed by atoms with van der Waals surface area (Å²) < 4.78 is 16.1. The molecular formula is C15H15NO3. The first kappa shape index (κ1) is 13.2. The minimum atomic E-state index is 0.483. The van der Waals surface area contributed by atoms with E-state index in [9.17, 15) is 0 Å². The Kier molecular flexibility index (Phi) is 5.03. The monoisotopic (exact) mass is 257 g/mol. The van der Waals surface area contributed by atoms with Gasteiger partial charge in [-0.2, -0.15) is 5.26 Å². The van der Waals surface area contributed by atoms with Crippen LogP contribution in [0.1, 0.15) is 17.7 Å². The summed E-state index contributed by atoms with van der Waals surface area (Å²) in [5.74, 6) is 1.53. The van der Waals surface area contributed by atoms with Crippen LogP contribution in [0.2, 0.25) is 0 Å². The van der Waals surface area contributed by atoms with E-state index < -0.39 is 0 Å². The van der Waals surface area contributed by atoms with E-state index in [1.165, 1.54) is 0 Å². The van der Waals surface area contributed by atoms with Crippen molar-refractivity contribution >= 4 is 0 Å². The average molecular weight is 257 g/mol. The van der Waals surface area contributed by atoms with Gasteiger partial charge in [0.1, 0.15) is 18.1 Å². The molecule has 0 atom stereocenters. The second kappa shape index (κ2) is 7.24. The van der Waals surface area contributed by atoms with E-state index in [4.69, 9.17) is 19.2 Å². The summed E-state index contributed by atoms with van der Waals surface area (Å²) >= 11 is 0. The number of rotatable bonds is 7. The Bertz CT molecular complexity index is 529. The predicted molar refractivity (Wildman–Crippen MR) is 69.6 cm³/mol. The SMILES string of the molecule is N#Cc1cccc(OCCCOCc2ccco2)c1. The van der Waals surface area contributed by atoms with Crippen LogP contribution in [0.15, 0.2) is 47.1 Å². The van der Waals surface area contributed by atoms with Crippen molar-refractivity contribution in [2.75, 3.05) is 13.2 Å². The molecule has 0 aliphatic rings. The van der Waals surface area contributed by atoms with Gasteiger partial charge >= 0.3 is 0 Å². The van der Waals surface area contributed by atoms with Gasteiger partial charge in [0.2, 0.25) is 0 Å². The molecule has 19 heavy (non-hydrogen) atoms. The van der Waals surface area contributed by atoms with E-state index >= 15 is 0 Å². The summed E-state index contributed by atoms with van der Waals surface area (Å²) in [4.78, 5) is 0. The Morgan fingerprint density at radius 1 is 1.16 bits per heavy atom. The second-order valence-electron chi connectivity index (χ2n) is 3.97. The van der Waals surface area contributed by atoms with E-state index in [1.54, 1.807) is 24.5 Å². The number of furan rings is 1. The van der Waals surface area contributed by atoms with Gasteiger partial charge < -0.3 is 13.9 Å². The maximum Gasteiger partial charge on any atom is 0.129 e. The van der Waals surface area contributed by atoms with Gasteiger partial charge in [-0.25, -0.2) is 0 Å². The lowest BCUT2D eigenvalue weighted by atomic mass is 10.2. The molecule has 0 aliphatic heterocycles. The highest BCUT2D eigenvalue weighted by Crippen LogP contribution is 2.12. The van der Waals surface area contributed by atoms with Crippen LogP contribution < -0.4 is 4.74 Å². The standard InChI is InChI=1S/C15H15NO3/c16-11-13-4-1-5-14(10-13)18-9-3-7-17-12-15-6-2-8-19-15/h1-2,4-6,8,10H,3,7,9,12H2. The number of hydrogen-bond donors (Lipinski definition) is 0. The predicted octanol–water partition coefficient (Wildman–Crippen LogP) is 3.14. The van der Waals surface area contributed by atoms with E-state index in [1.807, 2.05) is 18.2 Å². The molecule has 0 N–H and O–H groups in total. The summed E-state index contributed by atoms with van der Waals surface area (Å²) in [5.41, 5.74) is 0.603. The highest BCUT2D eigenvalue weighted by molar-refractivity contribution is 5.36. The molecule has 0 spiro atoms. The molecule has 2 rings (SSSR count). The molecule has 0 unspecified atom stereocenters. The molecule has 4 heteroatoms. The molecule has 98 valence electrons. The molecule has 0 fully saturated rings.